The second-order valence-corrected chi connectivity index (χ2v) is 29.2. The van der Waals surface area contributed by atoms with Crippen molar-refractivity contribution < 1.29 is 180 Å². The van der Waals surface area contributed by atoms with Crippen LogP contribution in [0.2, 0.25) is 0 Å². The van der Waals surface area contributed by atoms with E-state index in [9.17, 15) is 0 Å². The first kappa shape index (κ1) is 93.8. The fourth-order valence-corrected chi connectivity index (χ4v) is 18.0. The van der Waals surface area contributed by atoms with Crippen LogP contribution in [0.15, 0.2) is 0 Å². The van der Waals surface area contributed by atoms with E-state index in [4.69, 9.17) is 180 Å². The fraction of sp³-hybridized carbons (Fsp3) is 1.00. The van der Waals surface area contributed by atoms with Gasteiger partial charge in [-0.15, -0.1) is 0 Å². The van der Waals surface area contributed by atoms with Crippen LogP contribution in [0.25, 0.3) is 0 Å². The minimum Gasteiger partial charge on any atom is -0.382 e. The number of hydrogen-bond donors (Lipinski definition) is 0. The van der Waals surface area contributed by atoms with Crippen LogP contribution >= 0.6 is 45.2 Å². The maximum Gasteiger partial charge on any atom is 0.187 e. The van der Waals surface area contributed by atoms with Gasteiger partial charge in [0.2, 0.25) is 0 Å². The van der Waals surface area contributed by atoms with Crippen LogP contribution in [0.1, 0.15) is 0 Å². The third-order valence-electron chi connectivity index (χ3n) is 21.7. The predicted octanol–water partition coefficient (Wildman–Crippen LogP) is -0.131. The first-order valence-electron chi connectivity index (χ1n) is 36.5. The summed E-state index contributed by atoms with van der Waals surface area (Å²) in [5.74, 6) is 0. The molecule has 40 heteroatoms. The lowest BCUT2D eigenvalue weighted by Gasteiger charge is -2.53. The molecule has 16 bridgehead atoms. The van der Waals surface area contributed by atoms with E-state index in [0.717, 1.165) is 0 Å². The van der Waals surface area contributed by atoms with Crippen molar-refractivity contribution in [1.82, 2.24) is 0 Å². The van der Waals surface area contributed by atoms with Crippen LogP contribution in [0, 0.1) is 0 Å². The number of methoxy groups -OCH3 is 22. The predicted molar refractivity (Wildman–Crippen MR) is 390 cm³/mol. The Kier molecular flexibility index (Phi) is 39.3. The molecule has 30 aliphatic rings. The van der Waals surface area contributed by atoms with E-state index in [1.807, 2.05) is 0 Å². The van der Waals surface area contributed by atoms with Crippen LogP contribution in [0.3, 0.4) is 0 Å². The highest BCUT2D eigenvalue weighted by Gasteiger charge is 2.63. The fourth-order valence-electron chi connectivity index (χ4n) is 16.6. The van der Waals surface area contributed by atoms with E-state index in [2.05, 4.69) is 45.2 Å². The van der Waals surface area contributed by atoms with Gasteiger partial charge in [-0.25, -0.2) is 0 Å². The first-order chi connectivity index (χ1) is 53.5. The van der Waals surface area contributed by atoms with E-state index in [1.165, 1.54) is 156 Å². The molecule has 644 valence electrons. The highest BCUT2D eigenvalue weighted by Crippen LogP contribution is 2.44. The zero-order valence-electron chi connectivity index (χ0n) is 67.0. The third-order valence-corrected chi connectivity index (χ3v) is 23.4. The van der Waals surface area contributed by atoms with Crippen LogP contribution < -0.4 is 0 Å². The molecule has 0 radical (unpaired) electrons. The molecule has 0 spiro atoms. The van der Waals surface area contributed by atoms with Gasteiger partial charge >= 0.3 is 0 Å². The Labute approximate surface area is 672 Å². The van der Waals surface area contributed by atoms with Gasteiger partial charge in [0, 0.05) is 165 Å². The lowest BCUT2D eigenvalue weighted by molar-refractivity contribution is -0.408. The summed E-state index contributed by atoms with van der Waals surface area (Å²) >= 11 is 4.45. The number of alkyl halides is 2. The lowest BCUT2D eigenvalue weighted by atomic mass is 9.94. The SMILES string of the molecule is COC[C@H]1O[C@@H]2O[C@H]3[C@H](OC)[C@H](OC)[C@@H](O[C@H]4[C@H](OC)[C@@H](OC)[C@@H](O[C@H]5[C@H](OC)[C@@H](OC)[C@@H](O[C@H]6[C@H](OC)[C@@H](OC)[C@@H](O[C@H]7[C@H](OC)[C@@H](OC)[C@@H](O[C@H]8[C@H](OC)[C@@H](OC)[C@@H](O[C@H]9[C@H](OC)[C@@H](OC)[C@@H](O[C@H]1[C@H](OC)[C@@H]2OC)O[C@@H]9COC)O[C@@H]8COC)O[C@@H]7COC)O[C@@H]6CI)O[C@@H]5COC)O[C@@H]4COC)O[C@@H]3CI. The summed E-state index contributed by atoms with van der Waals surface area (Å²) in [6.07, 6.45) is -40.2. The third kappa shape index (κ3) is 20.4. The Hall–Kier alpha value is -0.0600. The summed E-state index contributed by atoms with van der Waals surface area (Å²) in [6.45, 7) is -0.217. The average Bonchev–Trinajstić information content (AvgIpc) is 0.764. The minimum atomic E-state index is -1.23. The number of rotatable bonds is 30. The quantitative estimate of drug-likeness (QED) is 0.0668. The van der Waals surface area contributed by atoms with Gasteiger partial charge in [0.1, 0.15) is 183 Å². The van der Waals surface area contributed by atoms with E-state index in [0.29, 0.717) is 8.86 Å². The van der Waals surface area contributed by atoms with Gasteiger partial charge < -0.3 is 180 Å². The average molecular weight is 1830 g/mol. The van der Waals surface area contributed by atoms with Crippen molar-refractivity contribution in [2.75, 3.05) is 205 Å². The van der Waals surface area contributed by atoms with E-state index in [-0.39, 0.29) is 39.6 Å². The lowest BCUT2D eigenvalue weighted by Crippen LogP contribution is -2.70. The van der Waals surface area contributed by atoms with Gasteiger partial charge in [0.05, 0.1) is 51.8 Å². The zero-order chi connectivity index (χ0) is 79.6. The molecule has 0 saturated carbocycles. The van der Waals surface area contributed by atoms with Crippen molar-refractivity contribution >= 4 is 45.2 Å². The van der Waals surface area contributed by atoms with E-state index in [1.54, 1.807) is 0 Å². The van der Waals surface area contributed by atoms with Crippen molar-refractivity contribution in [2.24, 2.45) is 0 Å². The first-order valence-corrected chi connectivity index (χ1v) is 39.5. The Morgan fingerprint density at radius 1 is 0.155 bits per heavy atom. The summed E-state index contributed by atoms with van der Waals surface area (Å²) in [5.41, 5.74) is 0. The van der Waals surface area contributed by atoms with Gasteiger partial charge in [-0.2, -0.15) is 0 Å². The second kappa shape index (κ2) is 46.1. The van der Waals surface area contributed by atoms with Crippen molar-refractivity contribution in [1.29, 1.82) is 0 Å². The van der Waals surface area contributed by atoms with Crippen molar-refractivity contribution in [2.45, 2.75) is 246 Å². The molecule has 0 aromatic rings. The molecule has 38 nitrogen and oxygen atoms in total. The highest BCUT2D eigenvalue weighted by atomic mass is 127. The monoisotopic (exact) mass is 1820 g/mol. The Bertz CT molecular complexity index is 2540. The van der Waals surface area contributed by atoms with Gasteiger partial charge in [0.15, 0.2) is 50.3 Å². The van der Waals surface area contributed by atoms with Crippen molar-refractivity contribution in [3.8, 4) is 0 Å². The summed E-state index contributed by atoms with van der Waals surface area (Å²) in [4.78, 5) is 0. The number of hydrogen-bond acceptors (Lipinski definition) is 38. The molecule has 0 unspecified atom stereocenters. The molecule has 110 heavy (non-hydrogen) atoms. The molecule has 0 N–H and O–H groups in total. The molecular weight excluding hydrogens is 1700 g/mol. The van der Waals surface area contributed by atoms with Gasteiger partial charge in [-0.05, 0) is 0 Å². The molecule has 0 aliphatic carbocycles. The topological polar surface area (TPSA) is 351 Å². The largest absolute Gasteiger partial charge is 0.382 e. The summed E-state index contributed by atoms with van der Waals surface area (Å²) < 4.78 is 249. The van der Waals surface area contributed by atoms with Crippen LogP contribution in [0.4, 0.5) is 0 Å². The molecule has 0 aromatic heterocycles. The second-order valence-electron chi connectivity index (χ2n) is 27.4. The molecule has 30 heterocycles. The Balaban J connectivity index is 1.11. The highest BCUT2D eigenvalue weighted by molar-refractivity contribution is 14.1. The number of halogens is 2. The number of ether oxygens (including phenoxy) is 38. The standard InChI is InChI=1S/C70H122I2O38/c1-73-25-33-41-49(81-9)59(91-19)67(99-33)107-43-35(27-75-3)97-65(57(89-17)51(43)83-11)103-39-31(23-71)96-64(56(88-16)47(39)79-7)106-42-34(26-74-2)100-68(60(92-20)50(42)82-10)109-45-37(29-77-5)102-70(62(94-22)53(45)85-13)110-46-38(30-78-6)101-69(61(93-21)54(46)86-14)108-44-36(28-76-4)98-66(58(90-18)52(44)84-12)104-40-32(24-72)95-63(105-41)55(87-15)48(40)80-8/h31-70H,23-30H2,1-22H3/t31-,32-,33-,34-,35-,36-,37-,38-,39-,40-,41-,42-,43-,44-,45-,46-,47+,48+,49+,50+,51+,52+,53+,54+,55+,56-,57-,58+,59-,60-,61-,62-,63-,64-,65-,66-,67-,68-,69-,70-/m1/s1. The summed E-state index contributed by atoms with van der Waals surface area (Å²) in [7, 11) is 33.4. The molecule has 40 atom stereocenters. The molecule has 30 rings (SSSR count). The minimum absolute atomic E-state index is 0.0285. The van der Waals surface area contributed by atoms with Gasteiger partial charge in [-0.3, -0.25) is 0 Å². The molecule has 30 saturated heterocycles. The summed E-state index contributed by atoms with van der Waals surface area (Å²) in [6, 6.07) is 0. The Morgan fingerprint density at radius 3 is 0.364 bits per heavy atom. The van der Waals surface area contributed by atoms with Crippen molar-refractivity contribution in [3.63, 3.8) is 0 Å². The van der Waals surface area contributed by atoms with Crippen LogP contribution in [0.5, 0.6) is 0 Å². The smallest absolute Gasteiger partial charge is 0.187 e. The van der Waals surface area contributed by atoms with Gasteiger partial charge in [0.25, 0.3) is 0 Å². The van der Waals surface area contributed by atoms with Gasteiger partial charge in [-0.1, -0.05) is 45.2 Å². The van der Waals surface area contributed by atoms with E-state index >= 15 is 0 Å². The van der Waals surface area contributed by atoms with Crippen LogP contribution in [-0.2, 0) is 180 Å². The molecular formula is C70H122I2O38. The molecule has 30 fully saturated rings. The maximum absolute atomic E-state index is 7.09. The molecule has 0 aromatic carbocycles. The normalized spacial score (nSPS) is 46.7. The Morgan fingerprint density at radius 2 is 0.264 bits per heavy atom. The zero-order valence-corrected chi connectivity index (χ0v) is 71.3. The molecule has 30 aliphatic heterocycles. The van der Waals surface area contributed by atoms with Crippen molar-refractivity contribution in [3.05, 3.63) is 0 Å². The van der Waals surface area contributed by atoms with E-state index < -0.39 is 246 Å². The van der Waals surface area contributed by atoms with Crippen LogP contribution in [-0.4, -0.2) is 451 Å². The summed E-state index contributed by atoms with van der Waals surface area (Å²) in [5, 5.41) is 0. The molecule has 0 amide bonds. The maximum atomic E-state index is 7.09.